The van der Waals surface area contributed by atoms with Crippen LogP contribution in [-0.2, 0) is 19.4 Å². The number of nitrogens with zero attached hydrogens (tertiary/aromatic N) is 1. The second-order valence-corrected chi connectivity index (χ2v) is 5.55. The normalized spacial score (nSPS) is 17.0. The third-order valence-corrected chi connectivity index (χ3v) is 4.03. The SMILES string of the molecule is N#Cc1cc(F)cc(CNC2CCc3ccccc3C2)c1. The molecule has 1 aliphatic carbocycles. The molecule has 0 aromatic heterocycles. The Labute approximate surface area is 124 Å². The number of nitrogens with one attached hydrogen (secondary N) is 1. The van der Waals surface area contributed by atoms with E-state index in [4.69, 9.17) is 5.26 Å². The molecule has 21 heavy (non-hydrogen) atoms. The second kappa shape index (κ2) is 6.07. The van der Waals surface area contributed by atoms with E-state index in [1.54, 1.807) is 6.07 Å². The van der Waals surface area contributed by atoms with E-state index < -0.39 is 0 Å². The molecule has 0 heterocycles. The molecule has 2 nitrogen and oxygen atoms in total. The summed E-state index contributed by atoms with van der Waals surface area (Å²) in [6.45, 7) is 0.597. The van der Waals surface area contributed by atoms with Crippen molar-refractivity contribution in [3.8, 4) is 6.07 Å². The van der Waals surface area contributed by atoms with Crippen LogP contribution >= 0.6 is 0 Å². The van der Waals surface area contributed by atoms with Crippen LogP contribution < -0.4 is 5.32 Å². The lowest BCUT2D eigenvalue weighted by Gasteiger charge is -2.25. The molecule has 3 rings (SSSR count). The summed E-state index contributed by atoms with van der Waals surface area (Å²) in [6.07, 6.45) is 3.19. The van der Waals surface area contributed by atoms with Gasteiger partial charge in [-0.05, 0) is 54.2 Å². The smallest absolute Gasteiger partial charge is 0.124 e. The van der Waals surface area contributed by atoms with E-state index in [-0.39, 0.29) is 5.82 Å². The average Bonchev–Trinajstić information content (AvgIpc) is 2.52. The number of rotatable bonds is 3. The highest BCUT2D eigenvalue weighted by Gasteiger charge is 2.17. The molecule has 0 radical (unpaired) electrons. The molecule has 1 atom stereocenters. The van der Waals surface area contributed by atoms with Crippen LogP contribution in [-0.4, -0.2) is 6.04 Å². The lowest BCUT2D eigenvalue weighted by Crippen LogP contribution is -2.34. The largest absolute Gasteiger partial charge is 0.310 e. The molecule has 0 bridgehead atoms. The molecule has 0 saturated carbocycles. The number of aryl methyl sites for hydroxylation is 1. The van der Waals surface area contributed by atoms with Gasteiger partial charge in [0, 0.05) is 12.6 Å². The maximum atomic E-state index is 13.4. The van der Waals surface area contributed by atoms with Crippen LogP contribution in [0.3, 0.4) is 0 Å². The van der Waals surface area contributed by atoms with Crippen LogP contribution in [0.15, 0.2) is 42.5 Å². The highest BCUT2D eigenvalue weighted by Crippen LogP contribution is 2.21. The average molecular weight is 280 g/mol. The number of benzene rings is 2. The van der Waals surface area contributed by atoms with E-state index in [0.29, 0.717) is 18.2 Å². The van der Waals surface area contributed by atoms with E-state index in [9.17, 15) is 4.39 Å². The van der Waals surface area contributed by atoms with Crippen LogP contribution in [0.2, 0.25) is 0 Å². The fourth-order valence-corrected chi connectivity index (χ4v) is 2.95. The van der Waals surface area contributed by atoms with Gasteiger partial charge in [-0.3, -0.25) is 0 Å². The van der Waals surface area contributed by atoms with Crippen molar-refractivity contribution in [2.75, 3.05) is 0 Å². The zero-order valence-corrected chi connectivity index (χ0v) is 11.8. The molecule has 0 fully saturated rings. The topological polar surface area (TPSA) is 35.8 Å². The minimum absolute atomic E-state index is 0.347. The van der Waals surface area contributed by atoms with Gasteiger partial charge >= 0.3 is 0 Å². The summed E-state index contributed by atoms with van der Waals surface area (Å²) >= 11 is 0. The van der Waals surface area contributed by atoms with Crippen molar-refractivity contribution in [3.63, 3.8) is 0 Å². The Balaban J connectivity index is 1.64. The molecule has 1 aliphatic rings. The first-order chi connectivity index (χ1) is 10.2. The zero-order valence-electron chi connectivity index (χ0n) is 11.8. The van der Waals surface area contributed by atoms with Crippen LogP contribution in [0.4, 0.5) is 4.39 Å². The minimum atomic E-state index is -0.347. The van der Waals surface area contributed by atoms with Crippen molar-refractivity contribution < 1.29 is 4.39 Å². The Morgan fingerprint density at radius 1 is 1.19 bits per heavy atom. The van der Waals surface area contributed by atoms with E-state index in [1.807, 2.05) is 6.07 Å². The van der Waals surface area contributed by atoms with Gasteiger partial charge in [0.2, 0.25) is 0 Å². The maximum Gasteiger partial charge on any atom is 0.124 e. The number of hydrogen-bond acceptors (Lipinski definition) is 2. The lowest BCUT2D eigenvalue weighted by atomic mass is 9.88. The van der Waals surface area contributed by atoms with Gasteiger partial charge in [0.25, 0.3) is 0 Å². The van der Waals surface area contributed by atoms with Crippen molar-refractivity contribution in [1.29, 1.82) is 5.26 Å². The number of nitriles is 1. The van der Waals surface area contributed by atoms with Gasteiger partial charge in [0.05, 0.1) is 11.6 Å². The summed E-state index contributed by atoms with van der Waals surface area (Å²) in [5.41, 5.74) is 4.04. The first-order valence-corrected chi connectivity index (χ1v) is 7.24. The molecule has 3 heteroatoms. The molecule has 1 unspecified atom stereocenters. The molecule has 0 saturated heterocycles. The first kappa shape index (κ1) is 13.8. The van der Waals surface area contributed by atoms with Crippen molar-refractivity contribution in [2.24, 2.45) is 0 Å². The standard InChI is InChI=1S/C18H17FN2/c19-17-8-13(11-20)7-14(9-17)12-21-18-6-5-15-3-1-2-4-16(15)10-18/h1-4,7-9,18,21H,5-6,10,12H2. The summed E-state index contributed by atoms with van der Waals surface area (Å²) in [4.78, 5) is 0. The van der Waals surface area contributed by atoms with Crippen LogP contribution in [0.25, 0.3) is 0 Å². The van der Waals surface area contributed by atoms with Crippen LogP contribution in [0.1, 0.15) is 28.7 Å². The van der Waals surface area contributed by atoms with Gasteiger partial charge in [-0.2, -0.15) is 5.26 Å². The van der Waals surface area contributed by atoms with E-state index >= 15 is 0 Å². The fraction of sp³-hybridized carbons (Fsp3) is 0.278. The highest BCUT2D eigenvalue weighted by molar-refractivity contribution is 5.34. The third kappa shape index (κ3) is 3.29. The summed E-state index contributed by atoms with van der Waals surface area (Å²) in [7, 11) is 0. The number of halogens is 1. The molecular formula is C18H17FN2. The Morgan fingerprint density at radius 3 is 2.81 bits per heavy atom. The minimum Gasteiger partial charge on any atom is -0.310 e. The third-order valence-electron chi connectivity index (χ3n) is 4.03. The van der Waals surface area contributed by atoms with Gasteiger partial charge in [-0.1, -0.05) is 24.3 Å². The Hall–Kier alpha value is -2.18. The van der Waals surface area contributed by atoms with E-state index in [0.717, 1.165) is 24.8 Å². The first-order valence-electron chi connectivity index (χ1n) is 7.24. The van der Waals surface area contributed by atoms with Crippen molar-refractivity contribution in [2.45, 2.75) is 31.8 Å². The predicted octanol–water partition coefficient (Wildman–Crippen LogP) is 3.34. The van der Waals surface area contributed by atoms with Gasteiger partial charge in [0.15, 0.2) is 0 Å². The van der Waals surface area contributed by atoms with Crippen LogP contribution in [0, 0.1) is 17.1 Å². The summed E-state index contributed by atoms with van der Waals surface area (Å²) < 4.78 is 13.4. The Morgan fingerprint density at radius 2 is 2.00 bits per heavy atom. The molecule has 0 amide bonds. The molecule has 0 aliphatic heterocycles. The van der Waals surface area contributed by atoms with Crippen molar-refractivity contribution in [1.82, 2.24) is 5.32 Å². The maximum absolute atomic E-state index is 13.4. The van der Waals surface area contributed by atoms with Crippen LogP contribution in [0.5, 0.6) is 0 Å². The molecule has 0 spiro atoms. The molecule has 106 valence electrons. The lowest BCUT2D eigenvalue weighted by molar-refractivity contribution is 0.457. The summed E-state index contributed by atoms with van der Waals surface area (Å²) in [5.74, 6) is -0.347. The summed E-state index contributed by atoms with van der Waals surface area (Å²) in [5, 5.41) is 12.4. The molecule has 1 N–H and O–H groups in total. The molecule has 2 aromatic rings. The van der Waals surface area contributed by atoms with Gasteiger partial charge in [0.1, 0.15) is 5.82 Å². The van der Waals surface area contributed by atoms with E-state index in [2.05, 4.69) is 29.6 Å². The predicted molar refractivity (Wildman–Crippen MR) is 80.2 cm³/mol. The Bertz CT molecular complexity index is 688. The summed E-state index contributed by atoms with van der Waals surface area (Å²) in [6, 6.07) is 15.4. The second-order valence-electron chi connectivity index (χ2n) is 5.55. The van der Waals surface area contributed by atoms with Crippen molar-refractivity contribution >= 4 is 0 Å². The quantitative estimate of drug-likeness (QED) is 0.936. The zero-order chi connectivity index (χ0) is 14.7. The molecular weight excluding hydrogens is 263 g/mol. The van der Waals surface area contributed by atoms with E-state index in [1.165, 1.54) is 23.3 Å². The number of hydrogen-bond donors (Lipinski definition) is 1. The monoisotopic (exact) mass is 280 g/mol. The fourth-order valence-electron chi connectivity index (χ4n) is 2.95. The van der Waals surface area contributed by atoms with Gasteiger partial charge < -0.3 is 5.32 Å². The Kier molecular flexibility index (Phi) is 3.98. The van der Waals surface area contributed by atoms with Gasteiger partial charge in [-0.15, -0.1) is 0 Å². The highest BCUT2D eigenvalue weighted by atomic mass is 19.1. The number of fused-ring (bicyclic) bond motifs is 1. The molecule has 2 aromatic carbocycles. The van der Waals surface area contributed by atoms with Crippen molar-refractivity contribution in [3.05, 3.63) is 70.5 Å². The van der Waals surface area contributed by atoms with Gasteiger partial charge in [-0.25, -0.2) is 4.39 Å².